The van der Waals surface area contributed by atoms with E-state index in [1.807, 2.05) is 13.1 Å². The molecule has 6 nitrogen and oxygen atoms in total. The molecule has 1 aliphatic carbocycles. The first-order valence-electron chi connectivity index (χ1n) is 6.83. The summed E-state index contributed by atoms with van der Waals surface area (Å²) in [6, 6.07) is 2.61. The van der Waals surface area contributed by atoms with Gasteiger partial charge in [-0.25, -0.2) is 4.99 Å². The number of carbonyl (C=O) groups excluding carboxylic acids is 2. The van der Waals surface area contributed by atoms with Crippen LogP contribution in [0.1, 0.15) is 12.8 Å². The smallest absolute Gasteiger partial charge is 0.263 e. The van der Waals surface area contributed by atoms with E-state index in [0.29, 0.717) is 17.6 Å². The second-order valence-corrected chi connectivity index (χ2v) is 5.93. The number of rotatable bonds is 5. The van der Waals surface area contributed by atoms with Crippen molar-refractivity contribution in [1.82, 2.24) is 10.2 Å². The van der Waals surface area contributed by atoms with Gasteiger partial charge < -0.3 is 10.2 Å². The number of carbonyl (C=O) groups is 2. The van der Waals surface area contributed by atoms with Gasteiger partial charge in [0, 0.05) is 19.1 Å². The molecule has 2 rings (SSSR count). The molecule has 1 aliphatic heterocycles. The zero-order valence-corrected chi connectivity index (χ0v) is 12.9. The molecule has 0 aromatic rings. The number of amides is 2. The Morgan fingerprint density at radius 2 is 2.33 bits per heavy atom. The maximum absolute atomic E-state index is 12.1. The van der Waals surface area contributed by atoms with Crippen LogP contribution in [-0.4, -0.2) is 54.2 Å². The number of aliphatic imine (C=N–C) groups is 1. The van der Waals surface area contributed by atoms with E-state index in [1.54, 1.807) is 6.26 Å². The molecule has 1 atom stereocenters. The van der Waals surface area contributed by atoms with Crippen LogP contribution in [0.4, 0.5) is 0 Å². The first-order chi connectivity index (χ1) is 10.1. The Labute approximate surface area is 128 Å². The largest absolute Gasteiger partial charge is 0.354 e. The second kappa shape index (κ2) is 6.87. The van der Waals surface area contributed by atoms with E-state index in [0.717, 1.165) is 6.54 Å². The number of hydrogen-bond acceptors (Lipinski definition) is 5. The summed E-state index contributed by atoms with van der Waals surface area (Å²) in [5, 5.41) is 12.2. The predicted octanol–water partition coefficient (Wildman–Crippen LogP) is 0.565. The maximum atomic E-state index is 12.1. The lowest BCUT2D eigenvalue weighted by Gasteiger charge is -2.18. The van der Waals surface area contributed by atoms with E-state index < -0.39 is 11.8 Å². The number of hydrogen-bond donors (Lipinski definition) is 1. The fourth-order valence-electron chi connectivity index (χ4n) is 2.13. The molecule has 2 aliphatic rings. The standard InChI is InChI=1S/C14H18N4O2S/c1-18(10-3-4-10)6-5-16-12(19)11-7-9(8-15)14(21-2)17-13(11)20/h7,10-11H,3-6H2,1-2H3,(H,16,19). The van der Waals surface area contributed by atoms with Gasteiger partial charge in [0.05, 0.1) is 5.57 Å². The highest BCUT2D eigenvalue weighted by Crippen LogP contribution is 2.24. The molecule has 1 heterocycles. The van der Waals surface area contributed by atoms with Gasteiger partial charge in [-0.3, -0.25) is 9.59 Å². The number of likely N-dealkylation sites (N-methyl/N-ethyl adjacent to an activating group) is 1. The Hall–Kier alpha value is -1.65. The van der Waals surface area contributed by atoms with Crippen molar-refractivity contribution < 1.29 is 9.59 Å². The highest BCUT2D eigenvalue weighted by atomic mass is 32.2. The third-order valence-electron chi connectivity index (χ3n) is 3.57. The molecule has 0 aromatic carbocycles. The SMILES string of the molecule is CSC1=NC(=O)C(C(=O)NCCN(C)C2CC2)C=C1C#N. The molecule has 0 radical (unpaired) electrons. The molecule has 0 saturated heterocycles. The van der Waals surface area contributed by atoms with Crippen molar-refractivity contribution in [2.75, 3.05) is 26.4 Å². The van der Waals surface area contributed by atoms with Gasteiger partial charge in [-0.1, -0.05) is 0 Å². The third kappa shape index (κ3) is 3.93. The molecule has 21 heavy (non-hydrogen) atoms. The minimum absolute atomic E-state index is 0.289. The van der Waals surface area contributed by atoms with Crippen LogP contribution in [-0.2, 0) is 9.59 Å². The summed E-state index contributed by atoms with van der Waals surface area (Å²) >= 11 is 1.23. The Kier molecular flexibility index (Phi) is 5.15. The van der Waals surface area contributed by atoms with Crippen LogP contribution in [0.15, 0.2) is 16.6 Å². The maximum Gasteiger partial charge on any atom is 0.263 e. The molecule has 1 saturated carbocycles. The van der Waals surface area contributed by atoms with Crippen molar-refractivity contribution in [3.8, 4) is 6.07 Å². The third-order valence-corrected chi connectivity index (χ3v) is 4.27. The van der Waals surface area contributed by atoms with Crippen molar-refractivity contribution >= 4 is 28.6 Å². The summed E-state index contributed by atoms with van der Waals surface area (Å²) in [6.07, 6.45) is 5.57. The summed E-state index contributed by atoms with van der Waals surface area (Å²) in [4.78, 5) is 29.9. The van der Waals surface area contributed by atoms with Gasteiger partial charge in [-0.2, -0.15) is 5.26 Å². The number of nitrogens with zero attached hydrogens (tertiary/aromatic N) is 3. The van der Waals surface area contributed by atoms with Gasteiger partial charge in [0.1, 0.15) is 17.0 Å². The van der Waals surface area contributed by atoms with Crippen LogP contribution >= 0.6 is 11.8 Å². The lowest BCUT2D eigenvalue weighted by Crippen LogP contribution is -2.39. The molecule has 0 bridgehead atoms. The van der Waals surface area contributed by atoms with Gasteiger partial charge in [0.25, 0.3) is 5.91 Å². The number of thioether (sulfide) groups is 1. The minimum Gasteiger partial charge on any atom is -0.354 e. The second-order valence-electron chi connectivity index (χ2n) is 5.13. The topological polar surface area (TPSA) is 85.6 Å². The lowest BCUT2D eigenvalue weighted by atomic mass is 10.0. The average Bonchev–Trinajstić information content (AvgIpc) is 3.31. The first-order valence-corrected chi connectivity index (χ1v) is 8.06. The number of dihydropyridines is 1. The Balaban J connectivity index is 1.90. The predicted molar refractivity (Wildman–Crippen MR) is 81.8 cm³/mol. The van der Waals surface area contributed by atoms with Gasteiger partial charge in [-0.15, -0.1) is 11.8 Å². The van der Waals surface area contributed by atoms with E-state index >= 15 is 0 Å². The summed E-state index contributed by atoms with van der Waals surface area (Å²) in [5.41, 5.74) is 0.289. The number of nitrogens with one attached hydrogen (secondary N) is 1. The Morgan fingerprint density at radius 1 is 1.62 bits per heavy atom. The van der Waals surface area contributed by atoms with Crippen LogP contribution in [0.5, 0.6) is 0 Å². The van der Waals surface area contributed by atoms with E-state index in [2.05, 4.69) is 15.2 Å². The molecule has 0 spiro atoms. The highest BCUT2D eigenvalue weighted by Gasteiger charge is 2.30. The summed E-state index contributed by atoms with van der Waals surface area (Å²) in [6.45, 7) is 1.25. The quantitative estimate of drug-likeness (QED) is 0.750. The van der Waals surface area contributed by atoms with Gasteiger partial charge in [0.15, 0.2) is 0 Å². The average molecular weight is 306 g/mol. The molecule has 0 aromatic heterocycles. The van der Waals surface area contributed by atoms with Crippen LogP contribution in [0.3, 0.4) is 0 Å². The highest BCUT2D eigenvalue weighted by molar-refractivity contribution is 8.13. The zero-order chi connectivity index (χ0) is 15.4. The molecule has 1 unspecified atom stereocenters. The van der Waals surface area contributed by atoms with Gasteiger partial charge in [0.2, 0.25) is 5.91 Å². The number of nitriles is 1. The summed E-state index contributed by atoms with van der Waals surface area (Å²) in [7, 11) is 2.03. The Bertz CT molecular complexity index is 546. The zero-order valence-electron chi connectivity index (χ0n) is 12.1. The molecule has 112 valence electrons. The lowest BCUT2D eigenvalue weighted by molar-refractivity contribution is -0.131. The molecular formula is C14H18N4O2S. The molecular weight excluding hydrogens is 288 g/mol. The first kappa shape index (κ1) is 15.7. The molecule has 2 amide bonds. The van der Waals surface area contributed by atoms with Crippen molar-refractivity contribution in [1.29, 1.82) is 5.26 Å². The van der Waals surface area contributed by atoms with Crippen molar-refractivity contribution in [3.05, 3.63) is 11.6 Å². The normalized spacial score (nSPS) is 21.6. The van der Waals surface area contributed by atoms with E-state index in [1.165, 1.54) is 30.7 Å². The van der Waals surface area contributed by atoms with E-state index in [-0.39, 0.29) is 11.5 Å². The summed E-state index contributed by atoms with van der Waals surface area (Å²) < 4.78 is 0. The van der Waals surface area contributed by atoms with E-state index in [4.69, 9.17) is 5.26 Å². The molecule has 1 fully saturated rings. The minimum atomic E-state index is -0.984. The van der Waals surface area contributed by atoms with Crippen molar-refractivity contribution in [2.45, 2.75) is 18.9 Å². The molecule has 1 N–H and O–H groups in total. The van der Waals surface area contributed by atoms with Gasteiger partial charge in [-0.05, 0) is 32.2 Å². The van der Waals surface area contributed by atoms with Crippen molar-refractivity contribution in [3.63, 3.8) is 0 Å². The van der Waals surface area contributed by atoms with Crippen LogP contribution < -0.4 is 5.32 Å². The Morgan fingerprint density at radius 3 is 2.90 bits per heavy atom. The fraction of sp³-hybridized carbons (Fsp3) is 0.571. The van der Waals surface area contributed by atoms with Crippen LogP contribution in [0.2, 0.25) is 0 Å². The van der Waals surface area contributed by atoms with Crippen LogP contribution in [0, 0.1) is 17.2 Å². The fourth-order valence-corrected chi connectivity index (χ4v) is 2.65. The summed E-state index contributed by atoms with van der Waals surface area (Å²) in [5.74, 6) is -1.88. The van der Waals surface area contributed by atoms with E-state index in [9.17, 15) is 9.59 Å². The molecule has 7 heteroatoms. The van der Waals surface area contributed by atoms with Crippen molar-refractivity contribution in [2.24, 2.45) is 10.9 Å². The van der Waals surface area contributed by atoms with Crippen LogP contribution in [0.25, 0.3) is 0 Å². The van der Waals surface area contributed by atoms with Gasteiger partial charge >= 0.3 is 0 Å². The monoisotopic (exact) mass is 306 g/mol.